The fraction of sp³-hybridized carbons (Fsp3) is 0.267. The fourth-order valence-electron chi connectivity index (χ4n) is 1.51. The molecule has 1 aromatic rings. The highest BCUT2D eigenvalue weighted by molar-refractivity contribution is 5.93. The van der Waals surface area contributed by atoms with Gasteiger partial charge in [0.25, 0.3) is 0 Å². The Kier molecular flexibility index (Phi) is 5.98. The van der Waals surface area contributed by atoms with Crippen LogP contribution in [-0.4, -0.2) is 37.0 Å². The summed E-state index contributed by atoms with van der Waals surface area (Å²) in [6.07, 6.45) is 3.04. The van der Waals surface area contributed by atoms with Gasteiger partial charge in [-0.3, -0.25) is 9.59 Å². The Balaban J connectivity index is 2.69. The Morgan fingerprint density at radius 2 is 2.00 bits per heavy atom. The summed E-state index contributed by atoms with van der Waals surface area (Å²) in [5, 5.41) is 8.69. The van der Waals surface area contributed by atoms with Gasteiger partial charge in [0.2, 0.25) is 5.91 Å². The highest BCUT2D eigenvalue weighted by Gasteiger charge is 2.12. The minimum absolute atomic E-state index is 0.0659. The number of methoxy groups -OCH3 is 1. The van der Waals surface area contributed by atoms with Crippen LogP contribution in [0.1, 0.15) is 18.1 Å². The van der Waals surface area contributed by atoms with Gasteiger partial charge in [-0.25, -0.2) is 0 Å². The van der Waals surface area contributed by atoms with Crippen LogP contribution < -0.4 is 0 Å². The number of likely N-dealkylation sites (N-methyl/N-ethyl adjacent to an activating group) is 1. The second-order valence-corrected chi connectivity index (χ2v) is 4.00. The third-order valence-electron chi connectivity index (χ3n) is 2.70. The molecule has 0 saturated heterocycles. The van der Waals surface area contributed by atoms with E-state index in [1.165, 1.54) is 18.1 Å². The smallest absolute Gasteiger partial charge is 0.325 e. The molecule has 1 rings (SSSR count). The van der Waals surface area contributed by atoms with Gasteiger partial charge < -0.3 is 9.64 Å². The first-order valence-corrected chi connectivity index (χ1v) is 6.14. The van der Waals surface area contributed by atoms with E-state index >= 15 is 0 Å². The third kappa shape index (κ3) is 4.58. The van der Waals surface area contributed by atoms with E-state index in [2.05, 4.69) is 4.74 Å². The number of nitrogens with zero attached hydrogens (tertiary/aromatic N) is 2. The quantitative estimate of drug-likeness (QED) is 0.603. The average Bonchev–Trinajstić information content (AvgIpc) is 2.50. The van der Waals surface area contributed by atoms with Crippen molar-refractivity contribution >= 4 is 18.0 Å². The summed E-state index contributed by atoms with van der Waals surface area (Å²) in [4.78, 5) is 24.4. The molecule has 5 nitrogen and oxygen atoms in total. The molecular weight excluding hydrogens is 256 g/mol. The molecule has 1 aromatic carbocycles. The Bertz CT molecular complexity index is 541. The van der Waals surface area contributed by atoms with Crippen molar-refractivity contribution in [3.63, 3.8) is 0 Å². The SMILES string of the molecule is CCN(CC(=O)OC)C(=O)C=Cc1ccc(C#N)cc1. The lowest BCUT2D eigenvalue weighted by Gasteiger charge is -2.17. The predicted octanol–water partition coefficient (Wildman–Crippen LogP) is 1.59. The standard InChI is InChI=1S/C15H16N2O3/c1-3-17(11-15(19)20-2)14(18)9-8-12-4-6-13(10-16)7-5-12/h4-9H,3,11H2,1-2H3. The zero-order chi connectivity index (χ0) is 15.0. The van der Waals surface area contributed by atoms with Gasteiger partial charge in [-0.2, -0.15) is 5.26 Å². The van der Waals surface area contributed by atoms with Crippen LogP contribution in [0.5, 0.6) is 0 Å². The van der Waals surface area contributed by atoms with Crippen molar-refractivity contribution in [1.82, 2.24) is 4.90 Å². The number of rotatable bonds is 5. The number of hydrogen-bond acceptors (Lipinski definition) is 4. The number of hydrogen-bond donors (Lipinski definition) is 0. The van der Waals surface area contributed by atoms with Crippen molar-refractivity contribution in [2.75, 3.05) is 20.2 Å². The molecule has 0 atom stereocenters. The van der Waals surface area contributed by atoms with Crippen LogP contribution in [-0.2, 0) is 14.3 Å². The Morgan fingerprint density at radius 3 is 2.50 bits per heavy atom. The van der Waals surface area contributed by atoms with E-state index in [9.17, 15) is 9.59 Å². The molecule has 20 heavy (non-hydrogen) atoms. The summed E-state index contributed by atoms with van der Waals surface area (Å²) >= 11 is 0. The molecule has 5 heteroatoms. The number of esters is 1. The van der Waals surface area contributed by atoms with Crippen LogP contribution in [0.3, 0.4) is 0 Å². The van der Waals surface area contributed by atoms with E-state index in [-0.39, 0.29) is 12.5 Å². The summed E-state index contributed by atoms with van der Waals surface area (Å²) in [5.74, 6) is -0.714. The van der Waals surface area contributed by atoms with Crippen molar-refractivity contribution in [3.8, 4) is 6.07 Å². The predicted molar refractivity (Wildman–Crippen MR) is 74.5 cm³/mol. The van der Waals surface area contributed by atoms with Crippen LogP contribution in [0.4, 0.5) is 0 Å². The molecule has 0 spiro atoms. The third-order valence-corrected chi connectivity index (χ3v) is 2.70. The van der Waals surface area contributed by atoms with Gasteiger partial charge in [0, 0.05) is 12.6 Å². The first-order valence-electron chi connectivity index (χ1n) is 6.14. The molecular formula is C15H16N2O3. The van der Waals surface area contributed by atoms with Crippen LogP contribution >= 0.6 is 0 Å². The van der Waals surface area contributed by atoms with Gasteiger partial charge in [-0.15, -0.1) is 0 Å². The number of ether oxygens (including phenoxy) is 1. The molecule has 0 aromatic heterocycles. The Hall–Kier alpha value is -2.61. The van der Waals surface area contributed by atoms with Crippen LogP contribution in [0.2, 0.25) is 0 Å². The van der Waals surface area contributed by atoms with E-state index in [1.807, 2.05) is 6.07 Å². The first kappa shape index (κ1) is 15.4. The van der Waals surface area contributed by atoms with Crippen molar-refractivity contribution in [2.24, 2.45) is 0 Å². The maximum absolute atomic E-state index is 11.9. The molecule has 104 valence electrons. The highest BCUT2D eigenvalue weighted by atomic mass is 16.5. The molecule has 1 amide bonds. The molecule has 0 aliphatic carbocycles. The number of benzene rings is 1. The molecule has 0 bridgehead atoms. The number of carbonyl (C=O) groups is 2. The summed E-state index contributed by atoms with van der Waals surface area (Å²) < 4.78 is 4.53. The van der Waals surface area contributed by atoms with Gasteiger partial charge in [-0.05, 0) is 30.7 Å². The molecule has 0 radical (unpaired) electrons. The molecule has 0 fully saturated rings. The van der Waals surface area contributed by atoms with Gasteiger partial charge in [0.05, 0.1) is 18.7 Å². The maximum atomic E-state index is 11.9. The largest absolute Gasteiger partial charge is 0.468 e. The van der Waals surface area contributed by atoms with Crippen molar-refractivity contribution in [3.05, 3.63) is 41.5 Å². The minimum atomic E-state index is -0.452. The van der Waals surface area contributed by atoms with Crippen molar-refractivity contribution in [1.29, 1.82) is 5.26 Å². The number of nitriles is 1. The highest BCUT2D eigenvalue weighted by Crippen LogP contribution is 2.06. The zero-order valence-corrected chi connectivity index (χ0v) is 11.5. The number of amides is 1. The minimum Gasteiger partial charge on any atom is -0.468 e. The van der Waals surface area contributed by atoms with Gasteiger partial charge in [0.15, 0.2) is 0 Å². The fourth-order valence-corrected chi connectivity index (χ4v) is 1.51. The van der Waals surface area contributed by atoms with E-state index in [1.54, 1.807) is 37.3 Å². The number of carbonyl (C=O) groups excluding carboxylic acids is 2. The lowest BCUT2D eigenvalue weighted by molar-refractivity contribution is -0.145. The monoisotopic (exact) mass is 272 g/mol. The lowest BCUT2D eigenvalue weighted by Crippen LogP contribution is -2.34. The van der Waals surface area contributed by atoms with E-state index in [4.69, 9.17) is 5.26 Å². The Morgan fingerprint density at radius 1 is 1.35 bits per heavy atom. The van der Waals surface area contributed by atoms with E-state index in [0.29, 0.717) is 12.1 Å². The summed E-state index contributed by atoms with van der Waals surface area (Å²) in [6, 6.07) is 8.88. The second kappa shape index (κ2) is 7.74. The van der Waals surface area contributed by atoms with Gasteiger partial charge >= 0.3 is 5.97 Å². The molecule has 0 N–H and O–H groups in total. The van der Waals surface area contributed by atoms with Crippen LogP contribution in [0.15, 0.2) is 30.3 Å². The zero-order valence-electron chi connectivity index (χ0n) is 11.5. The summed E-state index contributed by atoms with van der Waals surface area (Å²) in [6.45, 7) is 2.14. The van der Waals surface area contributed by atoms with Gasteiger partial charge in [0.1, 0.15) is 6.54 Å². The van der Waals surface area contributed by atoms with Gasteiger partial charge in [-0.1, -0.05) is 12.1 Å². The van der Waals surface area contributed by atoms with Crippen molar-refractivity contribution < 1.29 is 14.3 Å². The summed E-state index contributed by atoms with van der Waals surface area (Å²) in [7, 11) is 1.28. The first-order chi connectivity index (χ1) is 9.60. The van der Waals surface area contributed by atoms with Crippen LogP contribution in [0, 0.1) is 11.3 Å². The average molecular weight is 272 g/mol. The molecule has 0 heterocycles. The van der Waals surface area contributed by atoms with E-state index in [0.717, 1.165) is 5.56 Å². The lowest BCUT2D eigenvalue weighted by atomic mass is 10.1. The molecule has 0 aliphatic heterocycles. The normalized spacial score (nSPS) is 10.1. The van der Waals surface area contributed by atoms with E-state index < -0.39 is 5.97 Å². The molecule has 0 saturated carbocycles. The topological polar surface area (TPSA) is 70.4 Å². The van der Waals surface area contributed by atoms with Crippen LogP contribution in [0.25, 0.3) is 6.08 Å². The Labute approximate surface area is 118 Å². The molecule has 0 aliphatic rings. The van der Waals surface area contributed by atoms with Crippen molar-refractivity contribution in [2.45, 2.75) is 6.92 Å². The molecule has 0 unspecified atom stereocenters. The second-order valence-electron chi connectivity index (χ2n) is 4.00. The maximum Gasteiger partial charge on any atom is 0.325 e. The summed E-state index contributed by atoms with van der Waals surface area (Å²) in [5.41, 5.74) is 1.38.